The molecule has 6 nitrogen and oxygen atoms in total. The van der Waals surface area contributed by atoms with Gasteiger partial charge in [0, 0.05) is 5.69 Å². The van der Waals surface area contributed by atoms with Crippen LogP contribution in [-0.2, 0) is 0 Å². The van der Waals surface area contributed by atoms with Crippen molar-refractivity contribution in [2.45, 2.75) is 31.0 Å². The van der Waals surface area contributed by atoms with E-state index < -0.39 is 0 Å². The largest absolute Gasteiger partial charge is 0.384 e. The molecule has 2 aromatic rings. The van der Waals surface area contributed by atoms with Gasteiger partial charge in [0.15, 0.2) is 0 Å². The molecule has 0 bridgehead atoms. The van der Waals surface area contributed by atoms with Crippen LogP contribution < -0.4 is 5.73 Å². The van der Waals surface area contributed by atoms with Gasteiger partial charge in [-0.15, -0.1) is 5.10 Å². The summed E-state index contributed by atoms with van der Waals surface area (Å²) in [6, 6.07) is 1.91. The van der Waals surface area contributed by atoms with Crippen LogP contribution in [0.4, 0.5) is 0 Å². The summed E-state index contributed by atoms with van der Waals surface area (Å²) in [6.45, 7) is 5.65. The molecule has 0 fully saturated rings. The van der Waals surface area contributed by atoms with Crippen molar-refractivity contribution in [1.82, 2.24) is 20.2 Å². The molecule has 0 unspecified atom stereocenters. The van der Waals surface area contributed by atoms with Gasteiger partial charge in [-0.3, -0.25) is 10.5 Å². The number of aromatic nitrogens is 4. The zero-order valence-corrected chi connectivity index (χ0v) is 11.2. The Morgan fingerprint density at radius 3 is 2.61 bits per heavy atom. The highest BCUT2D eigenvalue weighted by molar-refractivity contribution is 7.99. The molecule has 2 heterocycles. The van der Waals surface area contributed by atoms with E-state index in [1.165, 1.54) is 11.8 Å². The van der Waals surface area contributed by atoms with Crippen molar-refractivity contribution in [1.29, 1.82) is 5.41 Å². The van der Waals surface area contributed by atoms with Gasteiger partial charge in [-0.2, -0.15) is 0 Å². The van der Waals surface area contributed by atoms with E-state index in [0.29, 0.717) is 15.7 Å². The average molecular weight is 262 g/mol. The molecule has 0 aromatic carbocycles. The zero-order valence-electron chi connectivity index (χ0n) is 10.4. The number of pyridine rings is 1. The summed E-state index contributed by atoms with van der Waals surface area (Å²) in [5.41, 5.74) is 8.07. The summed E-state index contributed by atoms with van der Waals surface area (Å²) < 4.78 is 0. The normalized spacial score (nSPS) is 10.6. The van der Waals surface area contributed by atoms with Crippen molar-refractivity contribution >= 4 is 17.6 Å². The lowest BCUT2D eigenvalue weighted by Crippen LogP contribution is -2.15. The van der Waals surface area contributed by atoms with Crippen LogP contribution in [0.15, 0.2) is 16.2 Å². The molecule has 0 amide bonds. The van der Waals surface area contributed by atoms with E-state index in [0.717, 1.165) is 17.1 Å². The molecule has 2 rings (SSSR count). The number of nitrogens with two attached hydrogens (primary N) is 1. The molecule has 0 saturated carbocycles. The van der Waals surface area contributed by atoms with Crippen molar-refractivity contribution < 1.29 is 0 Å². The first kappa shape index (κ1) is 12.6. The second kappa shape index (κ2) is 4.77. The third kappa shape index (κ3) is 2.51. The lowest BCUT2D eigenvalue weighted by atomic mass is 10.1. The number of H-pyrrole nitrogens is 1. The zero-order chi connectivity index (χ0) is 13.3. The Labute approximate surface area is 109 Å². The SMILES string of the molecule is Cc1cc(C)c(C(=N)N)c(Sc2n[nH]c(C)n2)n1. The van der Waals surface area contributed by atoms with Crippen LogP contribution in [0, 0.1) is 26.2 Å². The predicted octanol–water partition coefficient (Wildman–Crippen LogP) is 1.56. The highest BCUT2D eigenvalue weighted by Gasteiger charge is 2.14. The van der Waals surface area contributed by atoms with Crippen LogP contribution in [0.5, 0.6) is 0 Å². The summed E-state index contributed by atoms with van der Waals surface area (Å²) in [5.74, 6) is 0.751. The lowest BCUT2D eigenvalue weighted by Gasteiger charge is -2.09. The van der Waals surface area contributed by atoms with E-state index in [2.05, 4.69) is 20.2 Å². The molecule has 7 heteroatoms. The van der Waals surface area contributed by atoms with Crippen LogP contribution in [0.3, 0.4) is 0 Å². The van der Waals surface area contributed by atoms with Crippen molar-refractivity contribution in [3.63, 3.8) is 0 Å². The number of rotatable bonds is 3. The van der Waals surface area contributed by atoms with E-state index in [1.54, 1.807) is 0 Å². The molecule has 2 aromatic heterocycles. The lowest BCUT2D eigenvalue weighted by molar-refractivity contribution is 0.957. The molecule has 0 aliphatic heterocycles. The van der Waals surface area contributed by atoms with E-state index in [9.17, 15) is 0 Å². The maximum absolute atomic E-state index is 7.63. The second-order valence-electron chi connectivity index (χ2n) is 3.98. The van der Waals surface area contributed by atoms with Gasteiger partial charge in [-0.1, -0.05) is 0 Å². The van der Waals surface area contributed by atoms with E-state index in [1.807, 2.05) is 26.8 Å². The van der Waals surface area contributed by atoms with Gasteiger partial charge in [0.25, 0.3) is 0 Å². The van der Waals surface area contributed by atoms with Crippen LogP contribution in [0.2, 0.25) is 0 Å². The summed E-state index contributed by atoms with van der Waals surface area (Å²) in [5, 5.41) is 15.7. The molecule has 0 aliphatic carbocycles. The number of hydrogen-bond donors (Lipinski definition) is 3. The van der Waals surface area contributed by atoms with Gasteiger partial charge >= 0.3 is 0 Å². The van der Waals surface area contributed by atoms with Crippen LogP contribution in [-0.4, -0.2) is 26.0 Å². The Bertz CT molecular complexity index is 604. The van der Waals surface area contributed by atoms with Gasteiger partial charge in [0.2, 0.25) is 5.16 Å². The first-order valence-electron chi connectivity index (χ1n) is 5.37. The number of aromatic amines is 1. The predicted molar refractivity (Wildman–Crippen MR) is 70.0 cm³/mol. The second-order valence-corrected chi connectivity index (χ2v) is 4.94. The third-order valence-corrected chi connectivity index (χ3v) is 3.20. The van der Waals surface area contributed by atoms with E-state index in [4.69, 9.17) is 11.1 Å². The fraction of sp³-hybridized carbons (Fsp3) is 0.273. The first-order chi connectivity index (χ1) is 8.47. The number of nitrogens with one attached hydrogen (secondary N) is 2. The fourth-order valence-electron chi connectivity index (χ4n) is 1.66. The summed E-state index contributed by atoms with van der Waals surface area (Å²) in [7, 11) is 0. The Balaban J connectivity index is 2.45. The van der Waals surface area contributed by atoms with Gasteiger partial charge in [-0.05, 0) is 44.2 Å². The van der Waals surface area contributed by atoms with Crippen LogP contribution in [0.25, 0.3) is 0 Å². The van der Waals surface area contributed by atoms with Gasteiger partial charge < -0.3 is 5.73 Å². The minimum absolute atomic E-state index is 0.00903. The fourth-order valence-corrected chi connectivity index (χ4v) is 2.67. The van der Waals surface area contributed by atoms with Gasteiger partial charge in [0.05, 0.1) is 5.56 Å². The maximum atomic E-state index is 7.63. The Kier molecular flexibility index (Phi) is 3.33. The Morgan fingerprint density at radius 2 is 2.06 bits per heavy atom. The van der Waals surface area contributed by atoms with Crippen molar-refractivity contribution in [3.05, 3.63) is 28.7 Å². The topological polar surface area (TPSA) is 104 Å². The maximum Gasteiger partial charge on any atom is 0.214 e. The standard InChI is InChI=1S/C11H14N6S/c1-5-4-6(2)14-10(8(5)9(12)13)18-11-15-7(3)16-17-11/h4H,1-3H3,(H3,12,13)(H,15,16,17). The average Bonchev–Trinajstić information content (AvgIpc) is 2.62. The molecule has 4 N–H and O–H groups in total. The molecule has 0 atom stereocenters. The molecular weight excluding hydrogens is 248 g/mol. The van der Waals surface area contributed by atoms with E-state index >= 15 is 0 Å². The molecular formula is C11H14N6S. The monoisotopic (exact) mass is 262 g/mol. The highest BCUT2D eigenvalue weighted by atomic mass is 32.2. The molecule has 0 spiro atoms. The Morgan fingerprint density at radius 1 is 1.33 bits per heavy atom. The molecule has 0 aliphatic rings. The van der Waals surface area contributed by atoms with Crippen molar-refractivity contribution in [3.8, 4) is 0 Å². The molecule has 0 radical (unpaired) electrons. The van der Waals surface area contributed by atoms with E-state index in [-0.39, 0.29) is 5.84 Å². The summed E-state index contributed by atoms with van der Waals surface area (Å²) in [6.07, 6.45) is 0. The number of nitrogen functional groups attached to an aromatic ring is 1. The van der Waals surface area contributed by atoms with Gasteiger partial charge in [-0.25, -0.2) is 9.97 Å². The first-order valence-corrected chi connectivity index (χ1v) is 6.18. The smallest absolute Gasteiger partial charge is 0.214 e. The highest BCUT2D eigenvalue weighted by Crippen LogP contribution is 2.28. The quantitative estimate of drug-likeness (QED) is 0.575. The van der Waals surface area contributed by atoms with Crippen LogP contribution >= 0.6 is 11.8 Å². The number of nitrogens with zero attached hydrogens (tertiary/aromatic N) is 3. The number of amidine groups is 1. The van der Waals surface area contributed by atoms with Gasteiger partial charge in [0.1, 0.15) is 16.7 Å². The van der Waals surface area contributed by atoms with Crippen molar-refractivity contribution in [2.75, 3.05) is 0 Å². The Hall–Kier alpha value is -1.89. The summed E-state index contributed by atoms with van der Waals surface area (Å²) >= 11 is 1.31. The minimum atomic E-state index is 0.00903. The molecule has 18 heavy (non-hydrogen) atoms. The number of hydrogen-bond acceptors (Lipinski definition) is 5. The third-order valence-electron chi connectivity index (χ3n) is 2.35. The summed E-state index contributed by atoms with van der Waals surface area (Å²) in [4.78, 5) is 8.62. The molecule has 94 valence electrons. The van der Waals surface area contributed by atoms with Crippen molar-refractivity contribution in [2.24, 2.45) is 5.73 Å². The number of aryl methyl sites for hydroxylation is 3. The minimum Gasteiger partial charge on any atom is -0.384 e. The molecule has 0 saturated heterocycles. The van der Waals surface area contributed by atoms with Crippen LogP contribution in [0.1, 0.15) is 22.6 Å².